The third-order valence-electron chi connectivity index (χ3n) is 5.15. The van der Waals surface area contributed by atoms with Crippen molar-refractivity contribution >= 4 is 37.8 Å². The maximum atomic E-state index is 12.7. The number of hydrogen-bond donors (Lipinski definition) is 2. The van der Waals surface area contributed by atoms with E-state index < -0.39 is 15.9 Å². The summed E-state index contributed by atoms with van der Waals surface area (Å²) in [6.07, 6.45) is 2.94. The summed E-state index contributed by atoms with van der Waals surface area (Å²) in [5.41, 5.74) is 0. The molecule has 0 radical (unpaired) electrons. The number of sulfonamides is 1. The van der Waals surface area contributed by atoms with E-state index in [4.69, 9.17) is 4.74 Å². The van der Waals surface area contributed by atoms with Gasteiger partial charge in [-0.3, -0.25) is 14.9 Å². The Balaban J connectivity index is 1.60. The van der Waals surface area contributed by atoms with Crippen molar-refractivity contribution < 1.29 is 22.7 Å². The van der Waals surface area contributed by atoms with Crippen LogP contribution in [0.2, 0.25) is 0 Å². The molecule has 2 fully saturated rings. The summed E-state index contributed by atoms with van der Waals surface area (Å²) < 4.78 is 32.6. The van der Waals surface area contributed by atoms with Crippen molar-refractivity contribution in [2.45, 2.75) is 55.6 Å². The SMILES string of the molecule is CC(=O)NS(=O)(=O)c1ccc(Br)c(OC[C@H]2CC[C@@H](C(=O)N3CCC[C@H]3C#N)N2)c1. The van der Waals surface area contributed by atoms with Crippen LogP contribution in [-0.4, -0.2) is 56.4 Å². The number of nitrogens with zero attached hydrogens (tertiary/aromatic N) is 2. The monoisotopic (exact) mass is 498 g/mol. The van der Waals surface area contributed by atoms with Crippen LogP contribution in [0.5, 0.6) is 5.75 Å². The average molecular weight is 499 g/mol. The molecule has 11 heteroatoms. The molecule has 0 spiro atoms. The van der Waals surface area contributed by atoms with Gasteiger partial charge in [0.05, 0.1) is 21.5 Å². The lowest BCUT2D eigenvalue weighted by atomic mass is 10.1. The highest BCUT2D eigenvalue weighted by Crippen LogP contribution is 2.29. The van der Waals surface area contributed by atoms with Gasteiger partial charge in [0.1, 0.15) is 18.4 Å². The van der Waals surface area contributed by atoms with Gasteiger partial charge in [0.15, 0.2) is 0 Å². The number of halogens is 1. The fraction of sp³-hybridized carbons (Fsp3) is 0.526. The molecule has 2 heterocycles. The van der Waals surface area contributed by atoms with E-state index in [1.807, 2.05) is 4.72 Å². The minimum atomic E-state index is -3.97. The smallest absolute Gasteiger partial charge is 0.264 e. The van der Waals surface area contributed by atoms with Gasteiger partial charge in [-0.05, 0) is 53.7 Å². The first-order valence-corrected chi connectivity index (χ1v) is 11.9. The number of likely N-dealkylation sites (tertiary alicyclic amines) is 1. The number of carbonyl (C=O) groups is 2. The quantitative estimate of drug-likeness (QED) is 0.604. The van der Waals surface area contributed by atoms with Gasteiger partial charge in [-0.2, -0.15) is 5.26 Å². The minimum Gasteiger partial charge on any atom is -0.491 e. The van der Waals surface area contributed by atoms with E-state index in [1.54, 1.807) is 4.90 Å². The van der Waals surface area contributed by atoms with Crippen molar-refractivity contribution in [3.63, 3.8) is 0 Å². The number of carbonyl (C=O) groups excluding carboxylic acids is 2. The van der Waals surface area contributed by atoms with E-state index in [0.29, 0.717) is 29.6 Å². The Bertz CT molecular complexity index is 978. The average Bonchev–Trinajstić information content (AvgIpc) is 3.35. The Morgan fingerprint density at radius 1 is 1.37 bits per heavy atom. The molecule has 2 aliphatic rings. The molecule has 162 valence electrons. The fourth-order valence-electron chi connectivity index (χ4n) is 3.71. The van der Waals surface area contributed by atoms with E-state index in [2.05, 4.69) is 27.3 Å². The lowest BCUT2D eigenvalue weighted by molar-refractivity contribution is -0.133. The highest BCUT2D eigenvalue weighted by molar-refractivity contribution is 9.10. The highest BCUT2D eigenvalue weighted by Gasteiger charge is 2.37. The zero-order valence-corrected chi connectivity index (χ0v) is 18.8. The van der Waals surface area contributed by atoms with Crippen molar-refractivity contribution in [3.05, 3.63) is 22.7 Å². The van der Waals surface area contributed by atoms with Crippen molar-refractivity contribution in [1.82, 2.24) is 14.9 Å². The Labute approximate surface area is 183 Å². The van der Waals surface area contributed by atoms with Gasteiger partial charge in [0.2, 0.25) is 11.8 Å². The number of benzene rings is 1. The number of nitrogens with one attached hydrogen (secondary N) is 2. The molecule has 0 aliphatic carbocycles. The molecule has 3 atom stereocenters. The van der Waals surface area contributed by atoms with E-state index in [0.717, 1.165) is 19.8 Å². The van der Waals surface area contributed by atoms with Crippen LogP contribution >= 0.6 is 15.9 Å². The van der Waals surface area contributed by atoms with E-state index in [1.165, 1.54) is 18.2 Å². The second-order valence-corrected chi connectivity index (χ2v) is 9.91. The summed E-state index contributed by atoms with van der Waals surface area (Å²) in [5.74, 6) is -0.406. The Morgan fingerprint density at radius 3 is 2.83 bits per heavy atom. The number of hydrogen-bond acceptors (Lipinski definition) is 7. The zero-order valence-electron chi connectivity index (χ0n) is 16.4. The first-order chi connectivity index (χ1) is 14.2. The van der Waals surface area contributed by atoms with Crippen molar-refractivity contribution in [1.29, 1.82) is 5.26 Å². The first kappa shape index (κ1) is 22.5. The number of nitriles is 1. The van der Waals surface area contributed by atoms with Crippen LogP contribution < -0.4 is 14.8 Å². The topological polar surface area (TPSA) is 129 Å². The van der Waals surface area contributed by atoms with E-state index >= 15 is 0 Å². The lowest BCUT2D eigenvalue weighted by Gasteiger charge is -2.24. The zero-order chi connectivity index (χ0) is 21.9. The van der Waals surface area contributed by atoms with Crippen molar-refractivity contribution in [2.24, 2.45) is 0 Å². The summed E-state index contributed by atoms with van der Waals surface area (Å²) >= 11 is 3.33. The Kier molecular flexibility index (Phi) is 7.00. The molecular weight excluding hydrogens is 476 g/mol. The summed E-state index contributed by atoms with van der Waals surface area (Å²) in [7, 11) is -3.97. The van der Waals surface area contributed by atoms with Gasteiger partial charge in [-0.1, -0.05) is 0 Å². The summed E-state index contributed by atoms with van der Waals surface area (Å²) in [6.45, 7) is 1.98. The predicted molar refractivity (Wildman–Crippen MR) is 111 cm³/mol. The standard InChI is InChI=1S/C19H23BrN4O5S/c1-12(25)23-30(27,28)15-5-6-16(20)18(9-15)29-11-13-4-7-17(22-13)19(26)24-8-2-3-14(24)10-21/h5-6,9,13-14,17,22H,2-4,7-8,11H2,1H3,(H,23,25)/t13-,14+,17+/m1/s1. The fourth-order valence-corrected chi connectivity index (χ4v) is 5.08. The molecule has 0 aromatic heterocycles. The number of ether oxygens (including phenoxy) is 1. The van der Waals surface area contributed by atoms with Crippen LogP contribution in [0.1, 0.15) is 32.6 Å². The summed E-state index contributed by atoms with van der Waals surface area (Å²) in [4.78, 5) is 25.4. The Morgan fingerprint density at radius 2 is 2.13 bits per heavy atom. The van der Waals surface area contributed by atoms with Gasteiger partial charge in [-0.15, -0.1) is 0 Å². The molecular formula is C19H23BrN4O5S. The van der Waals surface area contributed by atoms with Crippen LogP contribution in [0, 0.1) is 11.3 Å². The van der Waals surface area contributed by atoms with Crippen molar-refractivity contribution in [2.75, 3.05) is 13.2 Å². The normalized spacial score (nSPS) is 23.8. The third kappa shape index (κ3) is 5.11. The first-order valence-electron chi connectivity index (χ1n) is 9.63. The summed E-state index contributed by atoms with van der Waals surface area (Å²) in [5, 5.41) is 12.4. The molecule has 0 unspecified atom stereocenters. The Hall–Kier alpha value is -2.16. The van der Waals surface area contributed by atoms with Crippen LogP contribution in [0.4, 0.5) is 0 Å². The maximum absolute atomic E-state index is 12.7. The molecule has 3 rings (SSSR count). The van der Waals surface area contributed by atoms with Gasteiger partial charge >= 0.3 is 0 Å². The highest BCUT2D eigenvalue weighted by atomic mass is 79.9. The molecule has 9 nitrogen and oxygen atoms in total. The second-order valence-electron chi connectivity index (χ2n) is 7.38. The molecule has 2 saturated heterocycles. The van der Waals surface area contributed by atoms with Crippen molar-refractivity contribution in [3.8, 4) is 11.8 Å². The maximum Gasteiger partial charge on any atom is 0.264 e. The predicted octanol–water partition coefficient (Wildman–Crippen LogP) is 1.29. The molecule has 2 N–H and O–H groups in total. The molecule has 0 bridgehead atoms. The number of amides is 2. The van der Waals surface area contributed by atoms with Gasteiger partial charge in [0.25, 0.3) is 10.0 Å². The molecule has 1 aromatic rings. The summed E-state index contributed by atoms with van der Waals surface area (Å²) in [6, 6.07) is 5.66. The van der Waals surface area contributed by atoms with Gasteiger partial charge in [-0.25, -0.2) is 13.1 Å². The van der Waals surface area contributed by atoms with E-state index in [-0.39, 0.29) is 35.5 Å². The molecule has 2 aliphatic heterocycles. The van der Waals surface area contributed by atoms with E-state index in [9.17, 15) is 23.3 Å². The number of rotatable bonds is 6. The second kappa shape index (κ2) is 9.32. The van der Waals surface area contributed by atoms with Crippen LogP contribution in [-0.2, 0) is 19.6 Å². The molecule has 30 heavy (non-hydrogen) atoms. The van der Waals surface area contributed by atoms with Crippen LogP contribution in [0.15, 0.2) is 27.6 Å². The van der Waals surface area contributed by atoms with Gasteiger partial charge in [0, 0.05) is 25.6 Å². The third-order valence-corrected chi connectivity index (χ3v) is 7.24. The van der Waals surface area contributed by atoms with Gasteiger partial charge < -0.3 is 9.64 Å². The molecule has 1 aromatic carbocycles. The van der Waals surface area contributed by atoms with Crippen LogP contribution in [0.25, 0.3) is 0 Å². The lowest BCUT2D eigenvalue weighted by Crippen LogP contribution is -2.47. The van der Waals surface area contributed by atoms with Crippen LogP contribution in [0.3, 0.4) is 0 Å². The minimum absolute atomic E-state index is 0.0499. The molecule has 0 saturated carbocycles. The largest absolute Gasteiger partial charge is 0.491 e. The molecule has 2 amide bonds.